The first-order valence-corrected chi connectivity index (χ1v) is 6.15. The van der Waals surface area contributed by atoms with Crippen LogP contribution in [0.2, 0.25) is 5.02 Å². The third-order valence-electron chi connectivity index (χ3n) is 2.13. The molecule has 0 aromatic heterocycles. The summed E-state index contributed by atoms with van der Waals surface area (Å²) in [4.78, 5) is 0. The molecular formula is C8H10ClN3O2S. The number of hydrogen-bond donors (Lipinski definition) is 2. The molecule has 0 saturated carbocycles. The fourth-order valence-corrected chi connectivity index (χ4v) is 3.05. The Morgan fingerprint density at radius 1 is 1.47 bits per heavy atom. The van der Waals surface area contributed by atoms with E-state index in [0.717, 1.165) is 0 Å². The van der Waals surface area contributed by atoms with E-state index in [1.807, 2.05) is 0 Å². The molecule has 0 radical (unpaired) electrons. The van der Waals surface area contributed by atoms with Gasteiger partial charge in [0.1, 0.15) is 0 Å². The van der Waals surface area contributed by atoms with Crippen LogP contribution in [0.25, 0.3) is 0 Å². The van der Waals surface area contributed by atoms with E-state index >= 15 is 0 Å². The van der Waals surface area contributed by atoms with Crippen LogP contribution in [0, 0.1) is 0 Å². The van der Waals surface area contributed by atoms with E-state index in [4.69, 9.17) is 17.3 Å². The second-order valence-corrected chi connectivity index (χ2v) is 5.27. The number of nitrogens with one attached hydrogen (secondary N) is 1. The van der Waals surface area contributed by atoms with Crippen LogP contribution in [0.5, 0.6) is 0 Å². The van der Waals surface area contributed by atoms with Gasteiger partial charge in [-0.15, -0.1) is 0 Å². The SMILES string of the molecule is Nc1ccc(N2CCNS2(=O)=O)c(Cl)c1. The van der Waals surface area contributed by atoms with Gasteiger partial charge in [0.15, 0.2) is 0 Å². The molecule has 3 N–H and O–H groups in total. The van der Waals surface area contributed by atoms with Crippen LogP contribution in [0.1, 0.15) is 0 Å². The Balaban J connectivity index is 2.46. The smallest absolute Gasteiger partial charge is 0.301 e. The van der Waals surface area contributed by atoms with E-state index in [-0.39, 0.29) is 0 Å². The maximum Gasteiger partial charge on any atom is 0.301 e. The zero-order valence-corrected chi connectivity index (χ0v) is 9.35. The zero-order chi connectivity index (χ0) is 11.1. The largest absolute Gasteiger partial charge is 0.399 e. The van der Waals surface area contributed by atoms with E-state index in [0.29, 0.717) is 29.5 Å². The molecule has 0 amide bonds. The third kappa shape index (κ3) is 1.88. The lowest BCUT2D eigenvalue weighted by atomic mass is 10.3. The minimum Gasteiger partial charge on any atom is -0.399 e. The number of nitrogens with zero attached hydrogens (tertiary/aromatic N) is 1. The summed E-state index contributed by atoms with van der Waals surface area (Å²) in [5.74, 6) is 0. The van der Waals surface area contributed by atoms with Crippen molar-refractivity contribution in [1.82, 2.24) is 4.72 Å². The highest BCUT2D eigenvalue weighted by Crippen LogP contribution is 2.30. The molecule has 1 heterocycles. The second-order valence-electron chi connectivity index (χ2n) is 3.18. The lowest BCUT2D eigenvalue weighted by Crippen LogP contribution is -2.29. The molecule has 0 unspecified atom stereocenters. The van der Waals surface area contributed by atoms with Crippen LogP contribution in [0.15, 0.2) is 18.2 Å². The average Bonchev–Trinajstić information content (AvgIpc) is 2.46. The van der Waals surface area contributed by atoms with Crippen molar-refractivity contribution < 1.29 is 8.42 Å². The monoisotopic (exact) mass is 247 g/mol. The molecule has 1 saturated heterocycles. The van der Waals surface area contributed by atoms with Gasteiger partial charge in [0.05, 0.1) is 10.7 Å². The van der Waals surface area contributed by atoms with Crippen molar-refractivity contribution in [3.05, 3.63) is 23.2 Å². The summed E-state index contributed by atoms with van der Waals surface area (Å²) in [6, 6.07) is 4.75. The fraction of sp³-hybridized carbons (Fsp3) is 0.250. The minimum absolute atomic E-state index is 0.335. The van der Waals surface area contributed by atoms with E-state index in [2.05, 4.69) is 4.72 Å². The highest BCUT2D eigenvalue weighted by Gasteiger charge is 2.29. The number of nitrogen functional groups attached to an aromatic ring is 1. The van der Waals surface area contributed by atoms with Crippen molar-refractivity contribution in [1.29, 1.82) is 0 Å². The number of hydrogen-bond acceptors (Lipinski definition) is 3. The van der Waals surface area contributed by atoms with Gasteiger partial charge in [0.2, 0.25) is 0 Å². The first-order chi connectivity index (χ1) is 7.00. The van der Waals surface area contributed by atoms with Crippen LogP contribution < -0.4 is 14.8 Å². The molecular weight excluding hydrogens is 238 g/mol. The van der Waals surface area contributed by atoms with Gasteiger partial charge in [0, 0.05) is 18.8 Å². The molecule has 15 heavy (non-hydrogen) atoms. The normalized spacial score (nSPS) is 19.4. The molecule has 1 aromatic rings. The van der Waals surface area contributed by atoms with Gasteiger partial charge in [-0.05, 0) is 18.2 Å². The molecule has 0 aliphatic carbocycles. The summed E-state index contributed by atoms with van der Waals surface area (Å²) in [7, 11) is -3.42. The van der Waals surface area contributed by atoms with Crippen LogP contribution in [0.3, 0.4) is 0 Å². The molecule has 0 spiro atoms. The molecule has 1 aromatic carbocycles. The van der Waals surface area contributed by atoms with Crippen molar-refractivity contribution in [3.8, 4) is 0 Å². The lowest BCUT2D eigenvalue weighted by molar-refractivity contribution is 0.591. The van der Waals surface area contributed by atoms with Crippen molar-refractivity contribution in [2.45, 2.75) is 0 Å². The van der Waals surface area contributed by atoms with Crippen LogP contribution >= 0.6 is 11.6 Å². The van der Waals surface area contributed by atoms with Crippen LogP contribution in [-0.2, 0) is 10.2 Å². The van der Waals surface area contributed by atoms with Crippen LogP contribution in [-0.4, -0.2) is 21.5 Å². The van der Waals surface area contributed by atoms with Gasteiger partial charge in [-0.1, -0.05) is 11.6 Å². The predicted molar refractivity (Wildman–Crippen MR) is 60.1 cm³/mol. The number of nitrogens with two attached hydrogens (primary N) is 1. The van der Waals surface area contributed by atoms with Gasteiger partial charge < -0.3 is 5.73 Å². The van der Waals surface area contributed by atoms with Crippen molar-refractivity contribution in [3.63, 3.8) is 0 Å². The minimum atomic E-state index is -3.42. The number of rotatable bonds is 1. The summed E-state index contributed by atoms with van der Waals surface area (Å²) in [5.41, 5.74) is 6.49. The average molecular weight is 248 g/mol. The summed E-state index contributed by atoms with van der Waals surface area (Å²) < 4.78 is 26.7. The summed E-state index contributed by atoms with van der Waals surface area (Å²) in [6.45, 7) is 0.773. The van der Waals surface area contributed by atoms with Gasteiger partial charge in [0.25, 0.3) is 0 Å². The lowest BCUT2D eigenvalue weighted by Gasteiger charge is -2.17. The molecule has 7 heteroatoms. The fourth-order valence-electron chi connectivity index (χ4n) is 1.45. The molecule has 2 rings (SSSR count). The summed E-state index contributed by atoms with van der Waals surface area (Å²) >= 11 is 5.92. The summed E-state index contributed by atoms with van der Waals surface area (Å²) in [5, 5.41) is 0.335. The highest BCUT2D eigenvalue weighted by molar-refractivity contribution is 7.91. The molecule has 1 aliphatic heterocycles. The quantitative estimate of drug-likeness (QED) is 0.713. The van der Waals surface area contributed by atoms with Crippen LogP contribution in [0.4, 0.5) is 11.4 Å². The van der Waals surface area contributed by atoms with Gasteiger partial charge >= 0.3 is 10.2 Å². The maximum atomic E-state index is 11.5. The van der Waals surface area contributed by atoms with Crippen molar-refractivity contribution >= 4 is 33.2 Å². The topological polar surface area (TPSA) is 75.4 Å². The van der Waals surface area contributed by atoms with Gasteiger partial charge in [-0.2, -0.15) is 13.1 Å². The number of benzene rings is 1. The van der Waals surface area contributed by atoms with E-state index < -0.39 is 10.2 Å². The highest BCUT2D eigenvalue weighted by atomic mass is 35.5. The zero-order valence-electron chi connectivity index (χ0n) is 7.77. The Morgan fingerprint density at radius 2 is 2.20 bits per heavy atom. The maximum absolute atomic E-state index is 11.5. The number of anilines is 2. The Kier molecular flexibility index (Phi) is 2.49. The summed E-state index contributed by atoms with van der Waals surface area (Å²) in [6.07, 6.45) is 0. The Bertz CT molecular complexity index is 489. The predicted octanol–water partition coefficient (Wildman–Crippen LogP) is 0.577. The van der Waals surface area contributed by atoms with Crippen molar-refractivity contribution in [2.75, 3.05) is 23.1 Å². The third-order valence-corrected chi connectivity index (χ3v) is 3.96. The van der Waals surface area contributed by atoms with E-state index in [9.17, 15) is 8.42 Å². The molecule has 82 valence electrons. The van der Waals surface area contributed by atoms with Crippen molar-refractivity contribution in [2.24, 2.45) is 0 Å². The molecule has 0 atom stereocenters. The first-order valence-electron chi connectivity index (χ1n) is 4.33. The molecule has 0 bridgehead atoms. The Hall–Kier alpha value is -0.980. The Morgan fingerprint density at radius 3 is 2.73 bits per heavy atom. The first kappa shape index (κ1) is 10.5. The Labute approximate surface area is 93.0 Å². The van der Waals surface area contributed by atoms with Gasteiger partial charge in [-0.25, -0.2) is 0 Å². The number of halogens is 1. The van der Waals surface area contributed by atoms with E-state index in [1.54, 1.807) is 12.1 Å². The standard InChI is InChI=1S/C8H10ClN3O2S/c9-7-5-6(10)1-2-8(7)12-4-3-11-15(12,13)14/h1-2,5,11H,3-4,10H2. The molecule has 5 nitrogen and oxygen atoms in total. The molecule has 1 fully saturated rings. The van der Waals surface area contributed by atoms with E-state index in [1.165, 1.54) is 10.4 Å². The van der Waals surface area contributed by atoms with Gasteiger partial charge in [-0.3, -0.25) is 4.31 Å². The molecule has 1 aliphatic rings. The second kappa shape index (κ2) is 3.55.